The Morgan fingerprint density at radius 3 is 2.64 bits per heavy atom. The summed E-state index contributed by atoms with van der Waals surface area (Å²) >= 11 is 0. The molecule has 2 aliphatic rings. The van der Waals surface area contributed by atoms with E-state index in [9.17, 15) is 4.79 Å². The standard InChI is InChI=1S/C10H18N2O2/c11-10(3-1-4-10)9(13)12-5-2-7-14-8-6-12/h1-8,11H2. The molecular weight excluding hydrogens is 180 g/mol. The molecule has 1 saturated heterocycles. The van der Waals surface area contributed by atoms with E-state index in [1.54, 1.807) is 0 Å². The molecule has 1 amide bonds. The minimum Gasteiger partial charge on any atom is -0.380 e. The molecule has 1 aliphatic heterocycles. The van der Waals surface area contributed by atoms with Crippen LogP contribution in [-0.2, 0) is 9.53 Å². The van der Waals surface area contributed by atoms with Gasteiger partial charge >= 0.3 is 0 Å². The summed E-state index contributed by atoms with van der Waals surface area (Å²) in [5, 5.41) is 0. The summed E-state index contributed by atoms with van der Waals surface area (Å²) in [4.78, 5) is 13.9. The number of carbonyl (C=O) groups excluding carboxylic acids is 1. The second-order valence-corrected chi connectivity index (χ2v) is 4.27. The third-order valence-corrected chi connectivity index (χ3v) is 3.18. The Hall–Kier alpha value is -0.610. The van der Waals surface area contributed by atoms with Gasteiger partial charge in [-0.05, 0) is 25.7 Å². The number of nitrogens with two attached hydrogens (primary N) is 1. The third-order valence-electron chi connectivity index (χ3n) is 3.18. The van der Waals surface area contributed by atoms with Crippen LogP contribution in [0.4, 0.5) is 0 Å². The normalized spacial score (nSPS) is 26.5. The van der Waals surface area contributed by atoms with Crippen molar-refractivity contribution in [3.63, 3.8) is 0 Å². The van der Waals surface area contributed by atoms with E-state index < -0.39 is 5.54 Å². The van der Waals surface area contributed by atoms with E-state index in [1.807, 2.05) is 4.90 Å². The van der Waals surface area contributed by atoms with Crippen molar-refractivity contribution in [3.8, 4) is 0 Å². The number of nitrogens with zero attached hydrogens (tertiary/aromatic N) is 1. The number of carbonyl (C=O) groups is 1. The summed E-state index contributed by atoms with van der Waals surface area (Å²) in [6, 6.07) is 0. The predicted octanol–water partition coefficient (Wildman–Crippen LogP) is 0.117. The van der Waals surface area contributed by atoms with Gasteiger partial charge in [0, 0.05) is 19.7 Å². The Labute approximate surface area is 84.4 Å². The van der Waals surface area contributed by atoms with E-state index in [0.717, 1.165) is 38.8 Å². The predicted molar refractivity (Wildman–Crippen MR) is 52.8 cm³/mol. The number of hydrogen-bond donors (Lipinski definition) is 1. The molecule has 4 heteroatoms. The zero-order chi connectivity index (χ0) is 10.0. The summed E-state index contributed by atoms with van der Waals surface area (Å²) in [6.45, 7) is 2.93. The van der Waals surface area contributed by atoms with Crippen molar-refractivity contribution in [3.05, 3.63) is 0 Å². The molecule has 1 heterocycles. The average Bonchev–Trinajstić information content (AvgIpc) is 2.41. The van der Waals surface area contributed by atoms with E-state index >= 15 is 0 Å². The lowest BCUT2D eigenvalue weighted by Gasteiger charge is -2.40. The van der Waals surface area contributed by atoms with E-state index in [-0.39, 0.29) is 5.91 Å². The first-order chi connectivity index (χ1) is 6.72. The lowest BCUT2D eigenvalue weighted by molar-refractivity contribution is -0.140. The summed E-state index contributed by atoms with van der Waals surface area (Å²) < 4.78 is 5.30. The van der Waals surface area contributed by atoms with Crippen LogP contribution in [0.3, 0.4) is 0 Å². The van der Waals surface area contributed by atoms with E-state index in [1.165, 1.54) is 0 Å². The van der Waals surface area contributed by atoms with Gasteiger partial charge in [-0.2, -0.15) is 0 Å². The maximum absolute atomic E-state index is 12.0. The Kier molecular flexibility index (Phi) is 2.74. The number of ether oxygens (including phenoxy) is 1. The first-order valence-electron chi connectivity index (χ1n) is 5.38. The highest BCUT2D eigenvalue weighted by molar-refractivity contribution is 5.87. The van der Waals surface area contributed by atoms with Gasteiger partial charge in [-0.25, -0.2) is 0 Å². The topological polar surface area (TPSA) is 55.6 Å². The molecular formula is C10H18N2O2. The van der Waals surface area contributed by atoms with Crippen molar-refractivity contribution in [1.82, 2.24) is 4.90 Å². The van der Waals surface area contributed by atoms with Crippen molar-refractivity contribution in [1.29, 1.82) is 0 Å². The van der Waals surface area contributed by atoms with Crippen molar-refractivity contribution in [2.24, 2.45) is 5.73 Å². The first-order valence-corrected chi connectivity index (χ1v) is 5.38. The fourth-order valence-electron chi connectivity index (χ4n) is 2.04. The lowest BCUT2D eigenvalue weighted by Crippen LogP contribution is -2.59. The van der Waals surface area contributed by atoms with E-state index in [4.69, 9.17) is 10.5 Å². The van der Waals surface area contributed by atoms with Gasteiger partial charge in [0.1, 0.15) is 0 Å². The maximum Gasteiger partial charge on any atom is 0.242 e. The number of rotatable bonds is 1. The van der Waals surface area contributed by atoms with Crippen LogP contribution in [0.15, 0.2) is 0 Å². The summed E-state index contributed by atoms with van der Waals surface area (Å²) in [6.07, 6.45) is 3.72. The molecule has 0 unspecified atom stereocenters. The zero-order valence-electron chi connectivity index (χ0n) is 8.50. The molecule has 0 atom stereocenters. The monoisotopic (exact) mass is 198 g/mol. The van der Waals surface area contributed by atoms with Crippen LogP contribution in [0, 0.1) is 0 Å². The van der Waals surface area contributed by atoms with Crippen LogP contribution in [0.25, 0.3) is 0 Å². The fourth-order valence-corrected chi connectivity index (χ4v) is 2.04. The van der Waals surface area contributed by atoms with Crippen LogP contribution < -0.4 is 5.73 Å². The lowest BCUT2D eigenvalue weighted by atomic mass is 9.76. The number of hydrogen-bond acceptors (Lipinski definition) is 3. The highest BCUT2D eigenvalue weighted by Gasteiger charge is 2.42. The molecule has 0 aromatic rings. The third kappa shape index (κ3) is 1.77. The average molecular weight is 198 g/mol. The Bertz CT molecular complexity index is 218. The van der Waals surface area contributed by atoms with Gasteiger partial charge in [0.25, 0.3) is 0 Å². The van der Waals surface area contributed by atoms with Crippen LogP contribution in [-0.4, -0.2) is 42.6 Å². The van der Waals surface area contributed by atoms with Crippen molar-refractivity contribution in [2.75, 3.05) is 26.3 Å². The fraction of sp³-hybridized carbons (Fsp3) is 0.900. The van der Waals surface area contributed by atoms with E-state index in [2.05, 4.69) is 0 Å². The highest BCUT2D eigenvalue weighted by atomic mass is 16.5. The van der Waals surface area contributed by atoms with Crippen LogP contribution in [0.2, 0.25) is 0 Å². The molecule has 0 aromatic heterocycles. The molecule has 0 aromatic carbocycles. The molecule has 1 aliphatic carbocycles. The van der Waals surface area contributed by atoms with Crippen LogP contribution in [0.1, 0.15) is 25.7 Å². The highest BCUT2D eigenvalue weighted by Crippen LogP contribution is 2.31. The summed E-state index contributed by atoms with van der Waals surface area (Å²) in [5.74, 6) is 0.134. The molecule has 14 heavy (non-hydrogen) atoms. The second-order valence-electron chi connectivity index (χ2n) is 4.27. The molecule has 4 nitrogen and oxygen atoms in total. The first kappa shape index (κ1) is 9.93. The summed E-state index contributed by atoms with van der Waals surface area (Å²) in [7, 11) is 0. The van der Waals surface area contributed by atoms with Gasteiger partial charge in [0.15, 0.2) is 0 Å². The maximum atomic E-state index is 12.0. The largest absolute Gasteiger partial charge is 0.380 e. The van der Waals surface area contributed by atoms with Gasteiger partial charge in [-0.15, -0.1) is 0 Å². The molecule has 0 radical (unpaired) electrons. The molecule has 2 fully saturated rings. The molecule has 1 saturated carbocycles. The van der Waals surface area contributed by atoms with Gasteiger partial charge in [-0.1, -0.05) is 0 Å². The Balaban J connectivity index is 1.95. The van der Waals surface area contributed by atoms with Gasteiger partial charge in [0.2, 0.25) is 5.91 Å². The molecule has 0 spiro atoms. The Morgan fingerprint density at radius 1 is 1.21 bits per heavy atom. The van der Waals surface area contributed by atoms with Gasteiger partial charge in [-0.3, -0.25) is 4.79 Å². The summed E-state index contributed by atoms with van der Waals surface area (Å²) in [5.41, 5.74) is 5.46. The van der Waals surface area contributed by atoms with E-state index in [0.29, 0.717) is 13.2 Å². The molecule has 2 rings (SSSR count). The van der Waals surface area contributed by atoms with Gasteiger partial charge in [0.05, 0.1) is 12.1 Å². The minimum atomic E-state index is -0.537. The van der Waals surface area contributed by atoms with Gasteiger partial charge < -0.3 is 15.4 Å². The van der Waals surface area contributed by atoms with Crippen molar-refractivity contribution < 1.29 is 9.53 Å². The SMILES string of the molecule is NC1(C(=O)N2CCCOCC2)CCC1. The van der Waals surface area contributed by atoms with Crippen molar-refractivity contribution in [2.45, 2.75) is 31.2 Å². The smallest absolute Gasteiger partial charge is 0.242 e. The minimum absolute atomic E-state index is 0.134. The van der Waals surface area contributed by atoms with Crippen molar-refractivity contribution >= 4 is 5.91 Å². The zero-order valence-corrected chi connectivity index (χ0v) is 8.50. The van der Waals surface area contributed by atoms with Crippen LogP contribution in [0.5, 0.6) is 0 Å². The number of amides is 1. The Morgan fingerprint density at radius 2 is 2.00 bits per heavy atom. The second kappa shape index (κ2) is 3.87. The molecule has 80 valence electrons. The molecule has 0 bridgehead atoms. The quantitative estimate of drug-likeness (QED) is 0.651. The van der Waals surface area contributed by atoms with Crippen LogP contribution >= 0.6 is 0 Å². The molecule has 2 N–H and O–H groups in total.